The van der Waals surface area contributed by atoms with Gasteiger partial charge in [-0.1, -0.05) is 6.42 Å². The van der Waals surface area contributed by atoms with Gasteiger partial charge in [-0.05, 0) is 12.8 Å². The van der Waals surface area contributed by atoms with E-state index in [-0.39, 0.29) is 13.0 Å². The van der Waals surface area contributed by atoms with E-state index in [9.17, 15) is 8.78 Å². The van der Waals surface area contributed by atoms with Crippen LogP contribution in [0.15, 0.2) is 12.4 Å². The Bertz CT molecular complexity index is 335. The van der Waals surface area contributed by atoms with Crippen LogP contribution in [0.4, 0.5) is 14.5 Å². The molecule has 1 aliphatic rings. The van der Waals surface area contributed by atoms with Gasteiger partial charge in [0.15, 0.2) is 0 Å². The SMILES string of the molecule is Nc1cnn(CC2CCCCC2(F)F)c1. The molecule has 0 saturated heterocycles. The lowest BCUT2D eigenvalue weighted by atomic mass is 9.85. The molecule has 1 atom stereocenters. The highest BCUT2D eigenvalue weighted by Crippen LogP contribution is 2.39. The number of halogens is 2. The van der Waals surface area contributed by atoms with Gasteiger partial charge in [0.05, 0.1) is 11.9 Å². The van der Waals surface area contributed by atoms with Gasteiger partial charge >= 0.3 is 0 Å². The molecule has 1 unspecified atom stereocenters. The third kappa shape index (κ3) is 2.27. The van der Waals surface area contributed by atoms with E-state index in [1.807, 2.05) is 0 Å². The zero-order valence-corrected chi connectivity index (χ0v) is 8.50. The summed E-state index contributed by atoms with van der Waals surface area (Å²) >= 11 is 0. The Hall–Kier alpha value is -1.13. The molecule has 1 aliphatic carbocycles. The molecule has 0 radical (unpaired) electrons. The summed E-state index contributed by atoms with van der Waals surface area (Å²) < 4.78 is 28.5. The molecule has 1 fully saturated rings. The summed E-state index contributed by atoms with van der Waals surface area (Å²) in [5.41, 5.74) is 6.00. The minimum Gasteiger partial charge on any atom is -0.396 e. The summed E-state index contributed by atoms with van der Waals surface area (Å²) in [7, 11) is 0. The van der Waals surface area contributed by atoms with Gasteiger partial charge in [-0.3, -0.25) is 4.68 Å². The highest BCUT2D eigenvalue weighted by molar-refractivity contribution is 5.30. The van der Waals surface area contributed by atoms with E-state index >= 15 is 0 Å². The van der Waals surface area contributed by atoms with Crippen molar-refractivity contribution >= 4 is 5.69 Å². The molecule has 0 spiro atoms. The highest BCUT2D eigenvalue weighted by atomic mass is 19.3. The molecule has 2 rings (SSSR count). The second-order valence-electron chi connectivity index (χ2n) is 4.20. The minimum atomic E-state index is -2.54. The van der Waals surface area contributed by atoms with E-state index in [4.69, 9.17) is 5.73 Å². The van der Waals surface area contributed by atoms with Crippen molar-refractivity contribution in [1.82, 2.24) is 9.78 Å². The van der Waals surface area contributed by atoms with Crippen molar-refractivity contribution in [2.45, 2.75) is 38.2 Å². The standard InChI is InChI=1S/C10H15F2N3/c11-10(12)4-2-1-3-8(10)6-15-7-9(13)5-14-15/h5,7-8H,1-4,6,13H2. The Morgan fingerprint density at radius 3 is 2.93 bits per heavy atom. The van der Waals surface area contributed by atoms with Gasteiger partial charge in [0.2, 0.25) is 0 Å². The fourth-order valence-electron chi connectivity index (χ4n) is 2.10. The predicted octanol–water partition coefficient (Wildman–Crippen LogP) is 2.29. The van der Waals surface area contributed by atoms with Crippen LogP contribution in [0.1, 0.15) is 25.7 Å². The number of aromatic nitrogens is 2. The van der Waals surface area contributed by atoms with Crippen molar-refractivity contribution in [3.63, 3.8) is 0 Å². The number of hydrogen-bond acceptors (Lipinski definition) is 2. The molecule has 15 heavy (non-hydrogen) atoms. The van der Waals surface area contributed by atoms with Crippen LogP contribution in [0.2, 0.25) is 0 Å². The normalized spacial score (nSPS) is 25.3. The summed E-state index contributed by atoms with van der Waals surface area (Å²) in [5, 5.41) is 3.93. The van der Waals surface area contributed by atoms with Crippen LogP contribution in [0, 0.1) is 5.92 Å². The van der Waals surface area contributed by atoms with E-state index < -0.39 is 11.8 Å². The Balaban J connectivity index is 2.04. The Morgan fingerprint density at radius 2 is 2.33 bits per heavy atom. The van der Waals surface area contributed by atoms with Gasteiger partial charge < -0.3 is 5.73 Å². The predicted molar refractivity (Wildman–Crippen MR) is 53.5 cm³/mol. The zero-order chi connectivity index (χ0) is 10.9. The number of alkyl halides is 2. The third-order valence-corrected chi connectivity index (χ3v) is 2.97. The van der Waals surface area contributed by atoms with Crippen LogP contribution in [-0.2, 0) is 6.54 Å². The fourth-order valence-corrected chi connectivity index (χ4v) is 2.10. The van der Waals surface area contributed by atoms with Gasteiger partial charge in [-0.15, -0.1) is 0 Å². The lowest BCUT2D eigenvalue weighted by molar-refractivity contribution is -0.0919. The molecule has 1 saturated carbocycles. The van der Waals surface area contributed by atoms with Crippen LogP contribution < -0.4 is 5.73 Å². The summed E-state index contributed by atoms with van der Waals surface area (Å²) in [6.45, 7) is 0.268. The van der Waals surface area contributed by atoms with Crippen molar-refractivity contribution < 1.29 is 8.78 Å². The lowest BCUT2D eigenvalue weighted by Crippen LogP contribution is -2.34. The second kappa shape index (κ2) is 3.79. The molecule has 0 aliphatic heterocycles. The van der Waals surface area contributed by atoms with Crippen molar-refractivity contribution in [3.8, 4) is 0 Å². The quantitative estimate of drug-likeness (QED) is 0.822. The van der Waals surface area contributed by atoms with E-state index in [0.29, 0.717) is 18.5 Å². The Kier molecular flexibility index (Phi) is 2.63. The van der Waals surface area contributed by atoms with Crippen LogP contribution in [0.5, 0.6) is 0 Å². The first-order valence-corrected chi connectivity index (χ1v) is 5.24. The lowest BCUT2D eigenvalue weighted by Gasteiger charge is -2.31. The summed E-state index contributed by atoms with van der Waals surface area (Å²) in [4.78, 5) is 0. The molecule has 3 nitrogen and oxygen atoms in total. The molecule has 84 valence electrons. The van der Waals surface area contributed by atoms with Crippen molar-refractivity contribution in [2.24, 2.45) is 5.92 Å². The zero-order valence-electron chi connectivity index (χ0n) is 8.50. The third-order valence-electron chi connectivity index (χ3n) is 2.97. The second-order valence-corrected chi connectivity index (χ2v) is 4.20. The van der Waals surface area contributed by atoms with Gasteiger partial charge in [0.1, 0.15) is 0 Å². The van der Waals surface area contributed by atoms with E-state index in [0.717, 1.165) is 6.42 Å². The van der Waals surface area contributed by atoms with Crippen molar-refractivity contribution in [1.29, 1.82) is 0 Å². The molecule has 1 heterocycles. The van der Waals surface area contributed by atoms with E-state index in [1.54, 1.807) is 6.20 Å². The molecular weight excluding hydrogens is 200 g/mol. The number of nitrogen functional groups attached to an aromatic ring is 1. The maximum atomic E-state index is 13.5. The van der Waals surface area contributed by atoms with Crippen LogP contribution >= 0.6 is 0 Å². The maximum Gasteiger partial charge on any atom is 0.252 e. The number of nitrogens with two attached hydrogens (primary N) is 1. The van der Waals surface area contributed by atoms with E-state index in [2.05, 4.69) is 5.10 Å². The molecule has 5 heteroatoms. The molecule has 2 N–H and O–H groups in total. The molecular formula is C10H15F2N3. The summed E-state index contributed by atoms with van der Waals surface area (Å²) in [6, 6.07) is 0. The first-order valence-electron chi connectivity index (χ1n) is 5.24. The maximum absolute atomic E-state index is 13.5. The average Bonchev–Trinajstić information content (AvgIpc) is 2.55. The summed E-state index contributed by atoms with van der Waals surface area (Å²) in [5.74, 6) is -3.13. The average molecular weight is 215 g/mol. The van der Waals surface area contributed by atoms with Crippen LogP contribution in [0.25, 0.3) is 0 Å². The number of hydrogen-bond donors (Lipinski definition) is 1. The largest absolute Gasteiger partial charge is 0.396 e. The number of anilines is 1. The summed E-state index contributed by atoms with van der Waals surface area (Å²) in [6.07, 6.45) is 5.19. The molecule has 0 amide bonds. The molecule has 0 aromatic carbocycles. The van der Waals surface area contributed by atoms with Crippen molar-refractivity contribution in [3.05, 3.63) is 12.4 Å². The first-order chi connectivity index (χ1) is 7.08. The van der Waals surface area contributed by atoms with Crippen LogP contribution in [0.3, 0.4) is 0 Å². The van der Waals surface area contributed by atoms with Gasteiger partial charge in [-0.25, -0.2) is 8.78 Å². The number of nitrogens with zero attached hydrogens (tertiary/aromatic N) is 2. The van der Waals surface area contributed by atoms with Crippen LogP contribution in [-0.4, -0.2) is 15.7 Å². The topological polar surface area (TPSA) is 43.8 Å². The van der Waals surface area contributed by atoms with Gasteiger partial charge in [0, 0.05) is 25.1 Å². The fraction of sp³-hybridized carbons (Fsp3) is 0.700. The minimum absolute atomic E-state index is 0.00835. The molecule has 1 aromatic heterocycles. The van der Waals surface area contributed by atoms with Gasteiger partial charge in [-0.2, -0.15) is 5.10 Å². The Labute approximate surface area is 87.3 Å². The molecule has 1 aromatic rings. The monoisotopic (exact) mass is 215 g/mol. The first kappa shape index (κ1) is 10.4. The molecule has 0 bridgehead atoms. The number of rotatable bonds is 2. The van der Waals surface area contributed by atoms with Gasteiger partial charge in [0.25, 0.3) is 5.92 Å². The van der Waals surface area contributed by atoms with Crippen molar-refractivity contribution in [2.75, 3.05) is 5.73 Å². The van der Waals surface area contributed by atoms with E-state index in [1.165, 1.54) is 10.9 Å². The smallest absolute Gasteiger partial charge is 0.252 e. The Morgan fingerprint density at radius 1 is 1.53 bits per heavy atom. The highest BCUT2D eigenvalue weighted by Gasteiger charge is 2.41.